The molecule has 0 spiro atoms. The molecule has 0 saturated heterocycles. The van der Waals surface area contributed by atoms with Crippen molar-refractivity contribution in [2.75, 3.05) is 12.3 Å². The zero-order valence-electron chi connectivity index (χ0n) is 7.22. The van der Waals surface area contributed by atoms with Crippen molar-refractivity contribution in [3.63, 3.8) is 0 Å². The Labute approximate surface area is 68.5 Å². The SMILES string of the molecule is CCS(=O)(=O)NCC=C(C)C. The van der Waals surface area contributed by atoms with E-state index < -0.39 is 10.0 Å². The number of hydrogen-bond donors (Lipinski definition) is 1. The molecule has 0 aliphatic rings. The highest BCUT2D eigenvalue weighted by Gasteiger charge is 2.02. The molecule has 0 saturated carbocycles. The van der Waals surface area contributed by atoms with Crippen molar-refractivity contribution in [3.05, 3.63) is 11.6 Å². The summed E-state index contributed by atoms with van der Waals surface area (Å²) < 4.78 is 24.1. The maximum Gasteiger partial charge on any atom is 0.211 e. The Kier molecular flexibility index (Phi) is 4.37. The molecular weight excluding hydrogens is 162 g/mol. The highest BCUT2D eigenvalue weighted by atomic mass is 32.2. The lowest BCUT2D eigenvalue weighted by Crippen LogP contribution is -2.25. The summed E-state index contributed by atoms with van der Waals surface area (Å²) in [6.45, 7) is 5.88. The predicted octanol–water partition coefficient (Wildman–Crippen LogP) is 0.892. The van der Waals surface area contributed by atoms with Crippen molar-refractivity contribution in [1.82, 2.24) is 4.72 Å². The molecule has 66 valence electrons. The molecule has 0 amide bonds. The van der Waals surface area contributed by atoms with Gasteiger partial charge in [-0.15, -0.1) is 0 Å². The van der Waals surface area contributed by atoms with Gasteiger partial charge in [0, 0.05) is 6.54 Å². The van der Waals surface area contributed by atoms with Crippen LogP contribution in [0, 0.1) is 0 Å². The summed E-state index contributed by atoms with van der Waals surface area (Å²) in [6, 6.07) is 0. The Bertz CT molecular complexity index is 225. The Hall–Kier alpha value is -0.350. The fourth-order valence-corrected chi connectivity index (χ4v) is 1.02. The highest BCUT2D eigenvalue weighted by molar-refractivity contribution is 7.89. The second-order valence-electron chi connectivity index (χ2n) is 2.53. The molecule has 0 aliphatic heterocycles. The number of hydrogen-bond acceptors (Lipinski definition) is 2. The molecule has 0 radical (unpaired) electrons. The molecule has 0 heterocycles. The summed E-state index contributed by atoms with van der Waals surface area (Å²) in [5, 5.41) is 0. The number of sulfonamides is 1. The van der Waals surface area contributed by atoms with Crippen molar-refractivity contribution in [2.24, 2.45) is 0 Å². The quantitative estimate of drug-likeness (QED) is 0.648. The average Bonchev–Trinajstić information content (AvgIpc) is 1.87. The van der Waals surface area contributed by atoms with Gasteiger partial charge in [-0.3, -0.25) is 0 Å². The van der Waals surface area contributed by atoms with Gasteiger partial charge in [-0.2, -0.15) is 0 Å². The van der Waals surface area contributed by atoms with Gasteiger partial charge in [0.1, 0.15) is 0 Å². The monoisotopic (exact) mass is 177 g/mol. The van der Waals surface area contributed by atoms with Gasteiger partial charge in [0.15, 0.2) is 0 Å². The lowest BCUT2D eigenvalue weighted by molar-refractivity contribution is 0.587. The molecule has 0 aromatic rings. The minimum atomic E-state index is -3.01. The molecule has 0 fully saturated rings. The van der Waals surface area contributed by atoms with E-state index >= 15 is 0 Å². The van der Waals surface area contributed by atoms with E-state index in [1.807, 2.05) is 19.9 Å². The molecule has 4 heteroatoms. The largest absolute Gasteiger partial charge is 0.212 e. The van der Waals surface area contributed by atoms with Gasteiger partial charge in [0.2, 0.25) is 10.0 Å². The normalized spacial score (nSPS) is 11.2. The molecule has 0 aromatic carbocycles. The number of allylic oxidation sites excluding steroid dienone is 1. The van der Waals surface area contributed by atoms with Gasteiger partial charge in [-0.05, 0) is 20.8 Å². The Morgan fingerprint density at radius 2 is 2.00 bits per heavy atom. The van der Waals surface area contributed by atoms with Gasteiger partial charge in [-0.1, -0.05) is 11.6 Å². The minimum Gasteiger partial charge on any atom is -0.212 e. The first-order chi connectivity index (χ1) is 4.98. The van der Waals surface area contributed by atoms with Crippen LogP contribution in [-0.4, -0.2) is 20.7 Å². The van der Waals surface area contributed by atoms with Crippen LogP contribution in [-0.2, 0) is 10.0 Å². The third-order valence-electron chi connectivity index (χ3n) is 1.19. The first kappa shape index (κ1) is 10.7. The van der Waals surface area contributed by atoms with Crippen molar-refractivity contribution in [1.29, 1.82) is 0 Å². The fourth-order valence-electron chi connectivity index (χ4n) is 0.475. The van der Waals surface area contributed by atoms with Crippen LogP contribution in [0.3, 0.4) is 0 Å². The van der Waals surface area contributed by atoms with E-state index in [1.165, 1.54) is 0 Å². The summed E-state index contributed by atoms with van der Waals surface area (Å²) in [7, 11) is -3.01. The van der Waals surface area contributed by atoms with Crippen LogP contribution in [0.5, 0.6) is 0 Å². The van der Waals surface area contributed by atoms with Crippen molar-refractivity contribution < 1.29 is 8.42 Å². The van der Waals surface area contributed by atoms with Gasteiger partial charge in [0.25, 0.3) is 0 Å². The molecule has 0 bridgehead atoms. The second-order valence-corrected chi connectivity index (χ2v) is 4.63. The molecular formula is C7H15NO2S. The van der Waals surface area contributed by atoms with E-state index in [4.69, 9.17) is 0 Å². The molecule has 0 rings (SSSR count). The van der Waals surface area contributed by atoms with E-state index in [-0.39, 0.29) is 5.75 Å². The maximum absolute atomic E-state index is 10.8. The minimum absolute atomic E-state index is 0.142. The van der Waals surface area contributed by atoms with Crippen molar-refractivity contribution >= 4 is 10.0 Å². The Balaban J connectivity index is 3.82. The fraction of sp³-hybridized carbons (Fsp3) is 0.714. The molecule has 0 atom stereocenters. The number of nitrogens with one attached hydrogen (secondary N) is 1. The van der Waals surface area contributed by atoms with Gasteiger partial charge >= 0.3 is 0 Å². The summed E-state index contributed by atoms with van der Waals surface area (Å²) in [5.41, 5.74) is 1.11. The zero-order chi connectivity index (χ0) is 8.91. The summed E-state index contributed by atoms with van der Waals surface area (Å²) in [6.07, 6.45) is 1.84. The first-order valence-corrected chi connectivity index (χ1v) is 5.24. The molecule has 0 unspecified atom stereocenters. The lowest BCUT2D eigenvalue weighted by atomic mass is 10.3. The third kappa shape index (κ3) is 6.06. The molecule has 1 N–H and O–H groups in total. The molecule has 11 heavy (non-hydrogen) atoms. The summed E-state index contributed by atoms with van der Waals surface area (Å²) in [5.74, 6) is 0.142. The van der Waals surface area contributed by atoms with Gasteiger partial charge in [0.05, 0.1) is 5.75 Å². The summed E-state index contributed by atoms with van der Waals surface area (Å²) >= 11 is 0. The number of rotatable bonds is 4. The van der Waals surface area contributed by atoms with E-state index in [0.717, 1.165) is 5.57 Å². The van der Waals surface area contributed by atoms with Crippen LogP contribution in [0.1, 0.15) is 20.8 Å². The lowest BCUT2D eigenvalue weighted by Gasteiger charge is -1.99. The van der Waals surface area contributed by atoms with Crippen molar-refractivity contribution in [3.8, 4) is 0 Å². The molecule has 0 aliphatic carbocycles. The zero-order valence-corrected chi connectivity index (χ0v) is 8.03. The maximum atomic E-state index is 10.8. The van der Waals surface area contributed by atoms with E-state index in [0.29, 0.717) is 6.54 Å². The topological polar surface area (TPSA) is 46.2 Å². The van der Waals surface area contributed by atoms with Crippen LogP contribution in [0.4, 0.5) is 0 Å². The highest BCUT2D eigenvalue weighted by Crippen LogP contribution is 1.87. The first-order valence-electron chi connectivity index (χ1n) is 3.58. The standard InChI is InChI=1S/C7H15NO2S/c1-4-11(9,10)8-6-5-7(2)3/h5,8H,4,6H2,1-3H3. The third-order valence-corrected chi connectivity index (χ3v) is 2.56. The molecule has 3 nitrogen and oxygen atoms in total. The van der Waals surface area contributed by atoms with E-state index in [9.17, 15) is 8.42 Å². The smallest absolute Gasteiger partial charge is 0.211 e. The van der Waals surface area contributed by atoms with Crippen LogP contribution >= 0.6 is 0 Å². The Morgan fingerprint density at radius 1 is 1.45 bits per heavy atom. The van der Waals surface area contributed by atoms with Gasteiger partial charge in [-0.25, -0.2) is 13.1 Å². The van der Waals surface area contributed by atoms with Crippen LogP contribution in [0.15, 0.2) is 11.6 Å². The average molecular weight is 177 g/mol. The summed E-state index contributed by atoms with van der Waals surface area (Å²) in [4.78, 5) is 0. The predicted molar refractivity (Wildman–Crippen MR) is 46.9 cm³/mol. The van der Waals surface area contributed by atoms with Gasteiger partial charge < -0.3 is 0 Å². The second kappa shape index (κ2) is 4.51. The molecule has 0 aromatic heterocycles. The Morgan fingerprint density at radius 3 is 2.36 bits per heavy atom. The van der Waals surface area contributed by atoms with Crippen LogP contribution in [0.25, 0.3) is 0 Å². The van der Waals surface area contributed by atoms with Crippen LogP contribution < -0.4 is 4.72 Å². The van der Waals surface area contributed by atoms with Crippen molar-refractivity contribution in [2.45, 2.75) is 20.8 Å². The van der Waals surface area contributed by atoms with E-state index in [2.05, 4.69) is 4.72 Å². The van der Waals surface area contributed by atoms with Crippen LogP contribution in [0.2, 0.25) is 0 Å². The van der Waals surface area contributed by atoms with E-state index in [1.54, 1.807) is 6.92 Å².